The van der Waals surface area contributed by atoms with Gasteiger partial charge in [0, 0.05) is 36.3 Å². The summed E-state index contributed by atoms with van der Waals surface area (Å²) in [6, 6.07) is 11.3. The topological polar surface area (TPSA) is 51.5 Å². The molecule has 0 unspecified atom stereocenters. The Morgan fingerprint density at radius 2 is 1.87 bits per heavy atom. The molecule has 0 spiro atoms. The molecule has 0 radical (unpaired) electrons. The number of carbonyl (C=O) groups excluding carboxylic acids is 1. The minimum absolute atomic E-state index is 0.0394. The van der Waals surface area contributed by atoms with Crippen LogP contribution in [0.15, 0.2) is 41.2 Å². The zero-order valence-corrected chi connectivity index (χ0v) is 17.9. The van der Waals surface area contributed by atoms with Crippen molar-refractivity contribution in [2.45, 2.75) is 40.2 Å². The van der Waals surface area contributed by atoms with Crippen molar-refractivity contribution in [3.63, 3.8) is 0 Å². The van der Waals surface area contributed by atoms with Crippen LogP contribution in [0.5, 0.6) is 5.75 Å². The molecule has 30 heavy (non-hydrogen) atoms. The molecule has 5 nitrogen and oxygen atoms in total. The minimum Gasteiger partial charge on any atom is -0.484 e. The van der Waals surface area contributed by atoms with Gasteiger partial charge in [0.2, 0.25) is 0 Å². The first kappa shape index (κ1) is 20.3. The van der Waals surface area contributed by atoms with Crippen LogP contribution in [0.25, 0.3) is 0 Å². The fourth-order valence-corrected chi connectivity index (χ4v) is 3.67. The highest BCUT2D eigenvalue weighted by molar-refractivity contribution is 5.78. The normalized spacial score (nSPS) is 17.0. The van der Waals surface area contributed by atoms with Crippen molar-refractivity contribution >= 4 is 5.91 Å². The predicted octanol–water partition coefficient (Wildman–Crippen LogP) is 3.21. The number of rotatable bonds is 5. The van der Waals surface area contributed by atoms with E-state index in [-0.39, 0.29) is 23.5 Å². The predicted molar refractivity (Wildman–Crippen MR) is 116 cm³/mol. The number of hydrogen-bond acceptors (Lipinski definition) is 3. The van der Waals surface area contributed by atoms with E-state index in [0.717, 1.165) is 29.9 Å². The molecule has 1 saturated carbocycles. The minimum atomic E-state index is -0.139. The molecule has 156 valence electrons. The molecule has 2 fully saturated rings. The van der Waals surface area contributed by atoms with Crippen molar-refractivity contribution in [1.29, 1.82) is 0 Å². The summed E-state index contributed by atoms with van der Waals surface area (Å²) < 4.78 is 7.31. The van der Waals surface area contributed by atoms with Crippen molar-refractivity contribution in [3.05, 3.63) is 63.6 Å². The summed E-state index contributed by atoms with van der Waals surface area (Å²) >= 11 is 0. The van der Waals surface area contributed by atoms with Gasteiger partial charge in [0.15, 0.2) is 6.61 Å². The van der Waals surface area contributed by atoms with Crippen LogP contribution in [0.1, 0.15) is 43.5 Å². The standard InChI is InChI=1S/C25H28N2O3/c1-18-12-22(30-15-24(29)26-16-25(2,3)17-26)13-23(28)27(18)14-21-10-8-20(9-11-21)7-6-19-4-5-19/h8-13,19H,4-5,14-17H2,1-3H3. The molecule has 1 aromatic heterocycles. The number of likely N-dealkylation sites (tertiary alicyclic amines) is 1. The molecule has 5 heteroatoms. The van der Waals surface area contributed by atoms with Crippen LogP contribution in [0.2, 0.25) is 0 Å². The average Bonchev–Trinajstić information content (AvgIpc) is 3.51. The third kappa shape index (κ3) is 4.94. The third-order valence-corrected chi connectivity index (χ3v) is 5.55. The Kier molecular flexibility index (Phi) is 5.42. The van der Waals surface area contributed by atoms with Gasteiger partial charge in [-0.15, -0.1) is 0 Å². The number of aromatic nitrogens is 1. The number of carbonyl (C=O) groups is 1. The van der Waals surface area contributed by atoms with Crippen LogP contribution >= 0.6 is 0 Å². The van der Waals surface area contributed by atoms with E-state index in [1.54, 1.807) is 9.47 Å². The molecular formula is C25H28N2O3. The monoisotopic (exact) mass is 404 g/mol. The summed E-state index contributed by atoms with van der Waals surface area (Å²) in [5, 5.41) is 0. The SMILES string of the molecule is Cc1cc(OCC(=O)N2CC(C)(C)C2)cc(=O)n1Cc1ccc(C#CC2CC2)cc1. The first-order valence-electron chi connectivity index (χ1n) is 10.5. The molecule has 0 atom stereocenters. The Labute approximate surface area is 177 Å². The van der Waals surface area contributed by atoms with Gasteiger partial charge < -0.3 is 14.2 Å². The maximum atomic E-state index is 12.6. The smallest absolute Gasteiger partial charge is 0.260 e. The van der Waals surface area contributed by atoms with Gasteiger partial charge >= 0.3 is 0 Å². The number of benzene rings is 1. The first-order chi connectivity index (χ1) is 14.3. The fraction of sp³-hybridized carbons (Fsp3) is 0.440. The van der Waals surface area contributed by atoms with Crippen LogP contribution in [-0.4, -0.2) is 35.1 Å². The van der Waals surface area contributed by atoms with E-state index in [9.17, 15) is 9.59 Å². The van der Waals surface area contributed by atoms with Crippen LogP contribution in [0.4, 0.5) is 0 Å². The Morgan fingerprint density at radius 3 is 2.47 bits per heavy atom. The lowest BCUT2D eigenvalue weighted by Gasteiger charge is -2.45. The first-order valence-corrected chi connectivity index (χ1v) is 10.5. The lowest BCUT2D eigenvalue weighted by Crippen LogP contribution is -2.56. The number of pyridine rings is 1. The van der Waals surface area contributed by atoms with Crippen molar-refractivity contribution in [2.24, 2.45) is 11.3 Å². The van der Waals surface area contributed by atoms with Gasteiger partial charge in [-0.2, -0.15) is 0 Å². The van der Waals surface area contributed by atoms with Gasteiger partial charge in [-0.1, -0.05) is 37.8 Å². The summed E-state index contributed by atoms with van der Waals surface area (Å²) in [5.74, 6) is 7.44. The highest BCUT2D eigenvalue weighted by Gasteiger charge is 2.37. The molecule has 2 aliphatic rings. The lowest BCUT2D eigenvalue weighted by atomic mass is 9.84. The highest BCUT2D eigenvalue weighted by atomic mass is 16.5. The molecule has 4 rings (SSSR count). The van der Waals surface area contributed by atoms with Gasteiger partial charge in [-0.05, 0) is 48.9 Å². The third-order valence-electron chi connectivity index (χ3n) is 5.55. The molecule has 1 saturated heterocycles. The van der Waals surface area contributed by atoms with E-state index in [4.69, 9.17) is 4.74 Å². The lowest BCUT2D eigenvalue weighted by molar-refractivity contribution is -0.143. The molecular weight excluding hydrogens is 376 g/mol. The number of amides is 1. The summed E-state index contributed by atoms with van der Waals surface area (Å²) in [7, 11) is 0. The van der Waals surface area contributed by atoms with Crippen LogP contribution in [-0.2, 0) is 11.3 Å². The molecule has 2 aromatic rings. The Hall–Kier alpha value is -3.00. The number of nitrogens with zero attached hydrogens (tertiary/aromatic N) is 2. The van der Waals surface area contributed by atoms with E-state index < -0.39 is 0 Å². The van der Waals surface area contributed by atoms with Gasteiger partial charge in [0.25, 0.3) is 11.5 Å². The second kappa shape index (κ2) is 8.02. The fourth-order valence-electron chi connectivity index (χ4n) is 3.67. The summed E-state index contributed by atoms with van der Waals surface area (Å²) in [4.78, 5) is 26.6. The van der Waals surface area contributed by atoms with Crippen molar-refractivity contribution < 1.29 is 9.53 Å². The maximum absolute atomic E-state index is 12.6. The van der Waals surface area contributed by atoms with Crippen LogP contribution in [0, 0.1) is 30.1 Å². The van der Waals surface area contributed by atoms with Crippen molar-refractivity contribution in [3.8, 4) is 17.6 Å². The highest BCUT2D eigenvalue weighted by Crippen LogP contribution is 2.28. The Morgan fingerprint density at radius 1 is 1.17 bits per heavy atom. The number of aryl methyl sites for hydroxylation is 1. The molecule has 1 aliphatic heterocycles. The van der Waals surface area contributed by atoms with Gasteiger partial charge in [-0.3, -0.25) is 9.59 Å². The molecule has 0 bridgehead atoms. The second-order valence-corrected chi connectivity index (χ2v) is 9.20. The Bertz CT molecular complexity index is 1060. The summed E-state index contributed by atoms with van der Waals surface area (Å²) in [6.07, 6.45) is 2.44. The quantitative estimate of drug-likeness (QED) is 0.719. The van der Waals surface area contributed by atoms with Gasteiger partial charge in [0.05, 0.1) is 6.54 Å². The van der Waals surface area contributed by atoms with E-state index in [1.165, 1.54) is 18.9 Å². The zero-order valence-electron chi connectivity index (χ0n) is 17.9. The summed E-state index contributed by atoms with van der Waals surface area (Å²) in [5.41, 5.74) is 2.90. The van der Waals surface area contributed by atoms with Crippen LogP contribution < -0.4 is 10.3 Å². The number of ether oxygens (including phenoxy) is 1. The van der Waals surface area contributed by atoms with Gasteiger partial charge in [-0.25, -0.2) is 0 Å². The van der Waals surface area contributed by atoms with Crippen molar-refractivity contribution in [2.75, 3.05) is 19.7 Å². The Balaban J connectivity index is 1.37. The maximum Gasteiger partial charge on any atom is 0.260 e. The van der Waals surface area contributed by atoms with Crippen molar-refractivity contribution in [1.82, 2.24) is 9.47 Å². The van der Waals surface area contributed by atoms with Crippen LogP contribution in [0.3, 0.4) is 0 Å². The molecule has 0 N–H and O–H groups in total. The summed E-state index contributed by atoms with van der Waals surface area (Å²) in [6.45, 7) is 8.10. The molecule has 1 aromatic carbocycles. The van der Waals surface area contributed by atoms with E-state index in [2.05, 4.69) is 25.7 Å². The molecule has 2 heterocycles. The molecule has 1 amide bonds. The largest absolute Gasteiger partial charge is 0.484 e. The average molecular weight is 405 g/mol. The molecule has 1 aliphatic carbocycles. The zero-order chi connectivity index (χ0) is 21.3. The number of hydrogen-bond donors (Lipinski definition) is 0. The van der Waals surface area contributed by atoms with E-state index in [0.29, 0.717) is 18.2 Å². The van der Waals surface area contributed by atoms with Gasteiger partial charge in [0.1, 0.15) is 5.75 Å². The second-order valence-electron chi connectivity index (χ2n) is 9.20. The van der Waals surface area contributed by atoms with E-state index in [1.807, 2.05) is 37.3 Å². The van der Waals surface area contributed by atoms with E-state index >= 15 is 0 Å².